The molecule has 0 aliphatic heterocycles. The third kappa shape index (κ3) is 5.89. The van der Waals surface area contributed by atoms with Gasteiger partial charge in [-0.15, -0.1) is 0 Å². The maximum absolute atomic E-state index is 11.1. The second-order valence-electron chi connectivity index (χ2n) is 5.71. The molecular weight excluding hydrogens is 348 g/mol. The number of rotatable bonds is 7. The molecule has 138 valence electrons. The van der Waals surface area contributed by atoms with E-state index in [9.17, 15) is 20.2 Å². The Kier molecular flexibility index (Phi) is 6.54. The fourth-order valence-electron chi connectivity index (χ4n) is 2.23. The number of anilines is 1. The summed E-state index contributed by atoms with van der Waals surface area (Å²) in [4.78, 5) is 20.5. The van der Waals surface area contributed by atoms with Gasteiger partial charge >= 0.3 is 5.69 Å². The van der Waals surface area contributed by atoms with Gasteiger partial charge in [-0.3, -0.25) is 25.7 Å². The van der Waals surface area contributed by atoms with Crippen LogP contribution in [0, 0.1) is 20.2 Å². The largest absolute Gasteiger partial charge is 0.301 e. The first-order valence-corrected chi connectivity index (χ1v) is 8.01. The van der Waals surface area contributed by atoms with Gasteiger partial charge in [-0.05, 0) is 37.1 Å². The first-order chi connectivity index (χ1) is 12.9. The summed E-state index contributed by atoms with van der Waals surface area (Å²) in [6, 6.07) is 13.2. The summed E-state index contributed by atoms with van der Waals surface area (Å²) in [6.45, 7) is 3.65. The van der Waals surface area contributed by atoms with Gasteiger partial charge in [0.1, 0.15) is 5.69 Å². The van der Waals surface area contributed by atoms with Crippen LogP contribution in [0.1, 0.15) is 19.4 Å². The highest BCUT2D eigenvalue weighted by Crippen LogP contribution is 2.28. The molecule has 2 aromatic rings. The van der Waals surface area contributed by atoms with Crippen LogP contribution < -0.4 is 5.43 Å². The van der Waals surface area contributed by atoms with E-state index in [0.717, 1.165) is 17.2 Å². The quantitative estimate of drug-likeness (QED) is 0.322. The summed E-state index contributed by atoms with van der Waals surface area (Å²) in [7, 11) is 0. The van der Waals surface area contributed by atoms with E-state index in [2.05, 4.69) is 10.5 Å². The number of benzene rings is 2. The average Bonchev–Trinajstić information content (AvgIpc) is 2.65. The minimum atomic E-state index is -0.691. The Morgan fingerprint density at radius 3 is 2.37 bits per heavy atom. The van der Waals surface area contributed by atoms with E-state index in [1.807, 2.05) is 55.5 Å². The number of nitrogens with zero attached hydrogens (tertiary/aromatic N) is 3. The molecule has 0 spiro atoms. The van der Waals surface area contributed by atoms with Crippen LogP contribution in [0.4, 0.5) is 17.1 Å². The molecule has 0 aliphatic carbocycles. The Balaban J connectivity index is 2.13. The van der Waals surface area contributed by atoms with E-state index in [1.54, 1.807) is 6.92 Å². The molecule has 0 saturated carbocycles. The van der Waals surface area contributed by atoms with Gasteiger partial charge in [0.15, 0.2) is 0 Å². The number of nitro benzene ring substituents is 2. The number of hydrogen-bond acceptors (Lipinski definition) is 6. The van der Waals surface area contributed by atoms with Crippen molar-refractivity contribution in [3.63, 3.8) is 0 Å². The normalized spacial score (nSPS) is 12.2. The molecule has 0 fully saturated rings. The van der Waals surface area contributed by atoms with Crippen molar-refractivity contribution in [3.05, 3.63) is 92.0 Å². The maximum atomic E-state index is 11.1. The van der Waals surface area contributed by atoms with E-state index in [4.69, 9.17) is 0 Å². The minimum Gasteiger partial charge on any atom is -0.271 e. The molecule has 0 aromatic heterocycles. The molecule has 0 amide bonds. The van der Waals surface area contributed by atoms with Crippen LogP contribution in [0.25, 0.3) is 6.08 Å². The maximum Gasteiger partial charge on any atom is 0.301 e. The standard InChI is InChI=1S/C19H18N4O4/c1-14(8-9-16-6-4-3-5-7-16)12-15(2)20-21-18-11-10-17(22(24)25)13-19(18)23(26)27/h3-13,21H,1-2H3/b9-8+,14-12?,20-15?. The van der Waals surface area contributed by atoms with Crippen LogP contribution in [0.2, 0.25) is 0 Å². The van der Waals surface area contributed by atoms with Crippen molar-refractivity contribution < 1.29 is 9.85 Å². The molecule has 2 aromatic carbocycles. The zero-order valence-electron chi connectivity index (χ0n) is 14.8. The predicted octanol–water partition coefficient (Wildman–Crippen LogP) is 4.95. The zero-order valence-corrected chi connectivity index (χ0v) is 14.8. The van der Waals surface area contributed by atoms with Crippen LogP contribution in [-0.2, 0) is 0 Å². The van der Waals surface area contributed by atoms with Crippen LogP contribution in [0.5, 0.6) is 0 Å². The van der Waals surface area contributed by atoms with Gasteiger partial charge in [-0.25, -0.2) is 0 Å². The van der Waals surface area contributed by atoms with Crippen molar-refractivity contribution in [1.82, 2.24) is 0 Å². The number of nitrogens with one attached hydrogen (secondary N) is 1. The Morgan fingerprint density at radius 1 is 1.04 bits per heavy atom. The lowest BCUT2D eigenvalue weighted by Crippen LogP contribution is -2.00. The molecule has 8 heteroatoms. The van der Waals surface area contributed by atoms with Gasteiger partial charge in [0.05, 0.1) is 21.6 Å². The van der Waals surface area contributed by atoms with Crippen molar-refractivity contribution in [2.75, 3.05) is 5.43 Å². The molecule has 0 unspecified atom stereocenters. The summed E-state index contributed by atoms with van der Waals surface area (Å²) in [5, 5.41) is 26.0. The smallest absolute Gasteiger partial charge is 0.271 e. The van der Waals surface area contributed by atoms with Crippen LogP contribution in [0.3, 0.4) is 0 Å². The zero-order chi connectivity index (χ0) is 19.8. The van der Waals surface area contributed by atoms with Crippen molar-refractivity contribution in [2.24, 2.45) is 5.10 Å². The number of hydrazone groups is 1. The van der Waals surface area contributed by atoms with Crippen LogP contribution in [-0.4, -0.2) is 15.6 Å². The van der Waals surface area contributed by atoms with E-state index >= 15 is 0 Å². The fourth-order valence-corrected chi connectivity index (χ4v) is 2.23. The summed E-state index contributed by atoms with van der Waals surface area (Å²) in [5.74, 6) is 0. The van der Waals surface area contributed by atoms with Gasteiger partial charge in [0.2, 0.25) is 0 Å². The highest BCUT2D eigenvalue weighted by Gasteiger charge is 2.19. The number of hydrogen-bond donors (Lipinski definition) is 1. The Bertz CT molecular complexity index is 934. The SMILES string of the molecule is CC(=CC(C)=NNc1ccc([N+](=O)[O-])cc1[N+](=O)[O-])/C=C/c1ccccc1. The summed E-state index contributed by atoms with van der Waals surface area (Å²) in [6.07, 6.45) is 5.71. The lowest BCUT2D eigenvalue weighted by molar-refractivity contribution is -0.393. The Morgan fingerprint density at radius 2 is 1.74 bits per heavy atom. The van der Waals surface area contributed by atoms with E-state index in [0.29, 0.717) is 5.71 Å². The predicted molar refractivity (Wildman–Crippen MR) is 106 cm³/mol. The molecule has 2 rings (SSSR count). The van der Waals surface area contributed by atoms with Gasteiger partial charge < -0.3 is 0 Å². The minimum absolute atomic E-state index is 0.0795. The Hall–Kier alpha value is -3.81. The Labute approximate surface area is 155 Å². The van der Waals surface area contributed by atoms with E-state index < -0.39 is 15.5 Å². The topological polar surface area (TPSA) is 111 Å². The highest BCUT2D eigenvalue weighted by molar-refractivity contribution is 5.94. The van der Waals surface area contributed by atoms with Gasteiger partial charge in [0.25, 0.3) is 5.69 Å². The van der Waals surface area contributed by atoms with Crippen molar-refractivity contribution >= 4 is 28.8 Å². The first-order valence-electron chi connectivity index (χ1n) is 8.01. The number of allylic oxidation sites excluding steroid dienone is 3. The van der Waals surface area contributed by atoms with Crippen molar-refractivity contribution in [2.45, 2.75) is 13.8 Å². The first kappa shape index (κ1) is 19.5. The summed E-state index contributed by atoms with van der Waals surface area (Å²) >= 11 is 0. The molecule has 1 N–H and O–H groups in total. The summed E-state index contributed by atoms with van der Waals surface area (Å²) in [5.41, 5.74) is 4.52. The van der Waals surface area contributed by atoms with Crippen molar-refractivity contribution in [3.8, 4) is 0 Å². The molecule has 0 aliphatic rings. The van der Waals surface area contributed by atoms with Crippen LogP contribution in [0.15, 0.2) is 71.4 Å². The third-order valence-electron chi connectivity index (χ3n) is 3.52. The molecular formula is C19H18N4O4. The molecule has 27 heavy (non-hydrogen) atoms. The lowest BCUT2D eigenvalue weighted by atomic mass is 10.1. The second-order valence-corrected chi connectivity index (χ2v) is 5.71. The molecule has 8 nitrogen and oxygen atoms in total. The molecule has 0 saturated heterocycles. The van der Waals surface area contributed by atoms with Crippen molar-refractivity contribution in [1.29, 1.82) is 0 Å². The van der Waals surface area contributed by atoms with Gasteiger partial charge in [0, 0.05) is 6.07 Å². The highest BCUT2D eigenvalue weighted by atomic mass is 16.6. The average molecular weight is 366 g/mol. The van der Waals surface area contributed by atoms with Gasteiger partial charge in [-0.1, -0.05) is 42.5 Å². The van der Waals surface area contributed by atoms with E-state index in [-0.39, 0.29) is 11.4 Å². The molecule has 0 heterocycles. The number of nitro groups is 2. The van der Waals surface area contributed by atoms with E-state index in [1.165, 1.54) is 12.1 Å². The second kappa shape index (κ2) is 9.04. The lowest BCUT2D eigenvalue weighted by Gasteiger charge is -2.03. The molecule has 0 atom stereocenters. The summed E-state index contributed by atoms with van der Waals surface area (Å²) < 4.78 is 0. The molecule has 0 bridgehead atoms. The van der Waals surface area contributed by atoms with Crippen LogP contribution >= 0.6 is 0 Å². The number of non-ortho nitro benzene ring substituents is 1. The fraction of sp³-hybridized carbons (Fsp3) is 0.105. The monoisotopic (exact) mass is 366 g/mol. The molecule has 0 radical (unpaired) electrons. The van der Waals surface area contributed by atoms with Gasteiger partial charge in [-0.2, -0.15) is 5.10 Å². The third-order valence-corrected chi connectivity index (χ3v) is 3.52.